The summed E-state index contributed by atoms with van der Waals surface area (Å²) < 4.78 is 40.4. The molecule has 0 unspecified atom stereocenters. The largest absolute Gasteiger partial charge is 0.573 e. The fourth-order valence-electron chi connectivity index (χ4n) is 1.33. The van der Waals surface area contributed by atoms with Crippen molar-refractivity contribution < 1.29 is 17.9 Å². The van der Waals surface area contributed by atoms with Gasteiger partial charge in [0.1, 0.15) is 5.75 Å². The van der Waals surface area contributed by atoms with Crippen LogP contribution in [0.5, 0.6) is 5.75 Å². The summed E-state index contributed by atoms with van der Waals surface area (Å²) in [6, 6.07) is 2.89. The number of nitriles is 1. The van der Waals surface area contributed by atoms with Gasteiger partial charge in [-0.15, -0.1) is 24.8 Å². The molecule has 17 heavy (non-hydrogen) atoms. The highest BCUT2D eigenvalue weighted by Crippen LogP contribution is 2.29. The summed E-state index contributed by atoms with van der Waals surface area (Å²) in [6.45, 7) is 1.52. The highest BCUT2D eigenvalue weighted by molar-refractivity contribution is 6.17. The first kappa shape index (κ1) is 13.6. The van der Waals surface area contributed by atoms with Crippen molar-refractivity contribution in [1.29, 1.82) is 5.26 Å². The molecule has 1 aromatic heterocycles. The van der Waals surface area contributed by atoms with Crippen LogP contribution in [-0.4, -0.2) is 11.3 Å². The van der Waals surface area contributed by atoms with E-state index in [4.69, 9.17) is 16.9 Å². The average molecular weight is 265 g/mol. The summed E-state index contributed by atoms with van der Waals surface area (Å²) in [5.41, 5.74) is 0.652. The lowest BCUT2D eigenvalue weighted by atomic mass is 10.1. The number of rotatable bonds is 3. The molecule has 0 N–H and O–H groups in total. The van der Waals surface area contributed by atoms with Crippen molar-refractivity contribution in [3.63, 3.8) is 0 Å². The van der Waals surface area contributed by atoms with Crippen molar-refractivity contribution in [1.82, 2.24) is 4.98 Å². The standard InChI is InChI=1S/C10H8ClF3N2O/c1-6-4-9(17-10(12,13)14)7(2-3-15)8(5-11)16-6/h4H,2,5H2,1H3. The lowest BCUT2D eigenvalue weighted by Gasteiger charge is -2.14. The SMILES string of the molecule is Cc1cc(OC(F)(F)F)c(CC#N)c(CCl)n1. The number of hydrogen-bond acceptors (Lipinski definition) is 3. The van der Waals surface area contributed by atoms with E-state index in [9.17, 15) is 13.2 Å². The first-order valence-corrected chi connectivity index (χ1v) is 5.09. The van der Waals surface area contributed by atoms with E-state index in [1.807, 2.05) is 0 Å². The topological polar surface area (TPSA) is 45.9 Å². The van der Waals surface area contributed by atoms with Gasteiger partial charge < -0.3 is 4.74 Å². The minimum atomic E-state index is -4.80. The smallest absolute Gasteiger partial charge is 0.405 e. The lowest BCUT2D eigenvalue weighted by molar-refractivity contribution is -0.274. The van der Waals surface area contributed by atoms with Gasteiger partial charge in [0.15, 0.2) is 0 Å². The van der Waals surface area contributed by atoms with E-state index < -0.39 is 12.1 Å². The van der Waals surface area contributed by atoms with Crippen LogP contribution in [0.25, 0.3) is 0 Å². The average Bonchev–Trinajstić information content (AvgIpc) is 2.19. The van der Waals surface area contributed by atoms with Gasteiger partial charge in [0.05, 0.1) is 24.1 Å². The molecule has 0 fully saturated rings. The second kappa shape index (κ2) is 5.23. The van der Waals surface area contributed by atoms with E-state index >= 15 is 0 Å². The Bertz CT molecular complexity index is 454. The monoisotopic (exact) mass is 264 g/mol. The molecule has 0 radical (unpaired) electrons. The highest BCUT2D eigenvalue weighted by atomic mass is 35.5. The number of halogens is 4. The van der Waals surface area contributed by atoms with Crippen LogP contribution >= 0.6 is 11.6 Å². The third-order valence-corrected chi connectivity index (χ3v) is 2.16. The van der Waals surface area contributed by atoms with Crippen molar-refractivity contribution in [3.8, 4) is 11.8 Å². The van der Waals surface area contributed by atoms with Crippen LogP contribution in [-0.2, 0) is 12.3 Å². The Morgan fingerprint density at radius 2 is 2.18 bits per heavy atom. The van der Waals surface area contributed by atoms with Crippen LogP contribution in [0.1, 0.15) is 17.0 Å². The Labute approximate surface area is 101 Å². The number of nitrogens with zero attached hydrogens (tertiary/aromatic N) is 2. The van der Waals surface area contributed by atoms with Crippen molar-refractivity contribution in [2.24, 2.45) is 0 Å². The summed E-state index contributed by atoms with van der Waals surface area (Å²) in [5, 5.41) is 8.57. The molecular formula is C10H8ClF3N2O. The minimum Gasteiger partial charge on any atom is -0.405 e. The zero-order valence-corrected chi connectivity index (χ0v) is 9.56. The molecule has 3 nitrogen and oxygen atoms in total. The van der Waals surface area contributed by atoms with Gasteiger partial charge in [-0.2, -0.15) is 5.26 Å². The molecule has 0 aromatic carbocycles. The molecule has 1 heterocycles. The second-order valence-electron chi connectivity index (χ2n) is 3.20. The quantitative estimate of drug-likeness (QED) is 0.788. The molecule has 1 rings (SSSR count). The first-order valence-electron chi connectivity index (χ1n) is 4.55. The molecule has 0 aliphatic carbocycles. The van der Waals surface area contributed by atoms with Gasteiger partial charge in [-0.3, -0.25) is 4.98 Å². The molecule has 7 heteroatoms. The van der Waals surface area contributed by atoms with Crippen LogP contribution in [0, 0.1) is 18.3 Å². The van der Waals surface area contributed by atoms with Gasteiger partial charge in [0.25, 0.3) is 0 Å². The van der Waals surface area contributed by atoms with Crippen LogP contribution in [0.2, 0.25) is 0 Å². The Morgan fingerprint density at radius 3 is 2.65 bits per heavy atom. The molecule has 0 spiro atoms. The van der Waals surface area contributed by atoms with Gasteiger partial charge in [0.2, 0.25) is 0 Å². The van der Waals surface area contributed by atoms with Crippen LogP contribution in [0.3, 0.4) is 0 Å². The van der Waals surface area contributed by atoms with E-state index in [0.29, 0.717) is 5.69 Å². The molecule has 0 atom stereocenters. The van der Waals surface area contributed by atoms with E-state index in [1.54, 1.807) is 6.07 Å². The maximum Gasteiger partial charge on any atom is 0.573 e. The van der Waals surface area contributed by atoms with Gasteiger partial charge in [-0.05, 0) is 6.92 Å². The number of aryl methyl sites for hydroxylation is 1. The van der Waals surface area contributed by atoms with Crippen LogP contribution in [0.4, 0.5) is 13.2 Å². The zero-order chi connectivity index (χ0) is 13.1. The van der Waals surface area contributed by atoms with Crippen molar-refractivity contribution in [2.45, 2.75) is 25.6 Å². The van der Waals surface area contributed by atoms with Gasteiger partial charge >= 0.3 is 6.36 Å². The molecule has 0 bridgehead atoms. The molecule has 0 saturated carbocycles. The fraction of sp³-hybridized carbons (Fsp3) is 0.400. The highest BCUT2D eigenvalue weighted by Gasteiger charge is 2.32. The molecule has 1 aromatic rings. The minimum absolute atomic E-state index is 0.0745. The van der Waals surface area contributed by atoms with Crippen LogP contribution in [0.15, 0.2) is 6.07 Å². The van der Waals surface area contributed by atoms with Gasteiger partial charge in [-0.1, -0.05) is 0 Å². The summed E-state index contributed by atoms with van der Waals surface area (Å²) in [5.74, 6) is -0.491. The number of ether oxygens (including phenoxy) is 1. The maximum absolute atomic E-state index is 12.2. The van der Waals surface area contributed by atoms with Crippen LogP contribution < -0.4 is 4.74 Å². The predicted molar refractivity (Wildman–Crippen MR) is 54.5 cm³/mol. The first-order chi connectivity index (χ1) is 7.87. The Hall–Kier alpha value is -1.48. The second-order valence-corrected chi connectivity index (χ2v) is 3.47. The third kappa shape index (κ3) is 3.79. The van der Waals surface area contributed by atoms with Gasteiger partial charge in [-0.25, -0.2) is 0 Å². The number of aromatic nitrogens is 1. The molecule has 0 saturated heterocycles. The lowest BCUT2D eigenvalue weighted by Crippen LogP contribution is -2.19. The third-order valence-electron chi connectivity index (χ3n) is 1.91. The molecule has 0 aliphatic rings. The normalized spacial score (nSPS) is 11.1. The number of pyridine rings is 1. The maximum atomic E-state index is 12.2. The van der Waals surface area contributed by atoms with E-state index in [1.165, 1.54) is 6.92 Å². The summed E-state index contributed by atoms with van der Waals surface area (Å²) in [6.07, 6.45) is -5.04. The molecule has 0 aliphatic heterocycles. The van der Waals surface area contributed by atoms with E-state index in [-0.39, 0.29) is 23.6 Å². The summed E-state index contributed by atoms with van der Waals surface area (Å²) >= 11 is 5.57. The number of hydrogen-bond donors (Lipinski definition) is 0. The van der Waals surface area contributed by atoms with E-state index in [0.717, 1.165) is 6.07 Å². The fourth-order valence-corrected chi connectivity index (χ4v) is 1.55. The Kier molecular flexibility index (Phi) is 4.18. The Balaban J connectivity index is 3.26. The van der Waals surface area contributed by atoms with Gasteiger partial charge in [0, 0.05) is 17.3 Å². The molecule has 92 valence electrons. The zero-order valence-electron chi connectivity index (χ0n) is 8.81. The summed E-state index contributed by atoms with van der Waals surface area (Å²) in [4.78, 5) is 3.97. The predicted octanol–water partition coefficient (Wildman–Crippen LogP) is 3.09. The number of alkyl halides is 4. The Morgan fingerprint density at radius 1 is 1.53 bits per heavy atom. The molecule has 0 amide bonds. The summed E-state index contributed by atoms with van der Waals surface area (Å²) in [7, 11) is 0. The van der Waals surface area contributed by atoms with Crippen molar-refractivity contribution in [2.75, 3.05) is 0 Å². The van der Waals surface area contributed by atoms with Crippen molar-refractivity contribution >= 4 is 11.6 Å². The molecular weight excluding hydrogens is 257 g/mol. The van der Waals surface area contributed by atoms with E-state index in [2.05, 4.69) is 9.72 Å². The van der Waals surface area contributed by atoms with Crippen molar-refractivity contribution in [3.05, 3.63) is 23.0 Å².